The van der Waals surface area contributed by atoms with Crippen molar-refractivity contribution < 1.29 is 0 Å². The van der Waals surface area contributed by atoms with Crippen LogP contribution in [0, 0.1) is 0 Å². The van der Waals surface area contributed by atoms with Crippen LogP contribution in [0.3, 0.4) is 0 Å². The molecule has 0 fully saturated rings. The maximum Gasteiger partial charge on any atom is 0.165 e. The molecule has 0 saturated carbocycles. The average molecular weight is 724 g/mol. The highest BCUT2D eigenvalue weighted by atomic mass is 32.1. The zero-order valence-corrected chi connectivity index (χ0v) is 30.5. The lowest BCUT2D eigenvalue weighted by molar-refractivity contribution is 1.08. The fourth-order valence-electron chi connectivity index (χ4n) is 7.82. The monoisotopic (exact) mass is 723 g/mol. The molecule has 11 rings (SSSR count). The van der Waals surface area contributed by atoms with Crippen LogP contribution in [-0.2, 0) is 0 Å². The molecule has 5 heteroatoms. The number of nitrogens with zero attached hydrogens (tertiary/aromatic N) is 3. The summed E-state index contributed by atoms with van der Waals surface area (Å²) in [4.78, 5) is 16.1. The number of hydrogen-bond donors (Lipinski definition) is 0. The molecule has 252 valence electrons. The highest BCUT2D eigenvalue weighted by Gasteiger charge is 2.21. The molecular formula is C49H29N3S2. The third kappa shape index (κ3) is 5.05. The Morgan fingerprint density at radius 2 is 0.778 bits per heavy atom. The molecule has 54 heavy (non-hydrogen) atoms. The van der Waals surface area contributed by atoms with Gasteiger partial charge >= 0.3 is 0 Å². The predicted molar refractivity (Wildman–Crippen MR) is 230 cm³/mol. The van der Waals surface area contributed by atoms with E-state index in [4.69, 9.17) is 15.0 Å². The van der Waals surface area contributed by atoms with E-state index < -0.39 is 0 Å². The van der Waals surface area contributed by atoms with Crippen molar-refractivity contribution >= 4 is 73.8 Å². The van der Waals surface area contributed by atoms with Gasteiger partial charge in [-0.05, 0) is 69.4 Å². The lowest BCUT2D eigenvalue weighted by Crippen LogP contribution is -2.01. The van der Waals surface area contributed by atoms with Crippen LogP contribution in [0.2, 0.25) is 0 Å². The van der Waals surface area contributed by atoms with E-state index in [0.29, 0.717) is 17.5 Å². The molecule has 0 atom stereocenters. The lowest BCUT2D eigenvalue weighted by atomic mass is 9.92. The summed E-state index contributed by atoms with van der Waals surface area (Å²) in [7, 11) is 0. The molecule has 0 aliphatic carbocycles. The van der Waals surface area contributed by atoms with Crippen molar-refractivity contribution in [2.75, 3.05) is 0 Å². The van der Waals surface area contributed by atoms with E-state index in [1.165, 1.54) is 56.7 Å². The van der Waals surface area contributed by atoms with E-state index in [1.54, 1.807) is 22.7 Å². The number of thiophene rings is 2. The Labute approximate surface area is 319 Å². The van der Waals surface area contributed by atoms with Crippen LogP contribution in [0.1, 0.15) is 0 Å². The Morgan fingerprint density at radius 3 is 1.43 bits per heavy atom. The van der Waals surface area contributed by atoms with Crippen LogP contribution in [0.25, 0.3) is 108 Å². The molecule has 0 unspecified atom stereocenters. The van der Waals surface area contributed by atoms with Crippen molar-refractivity contribution in [3.05, 3.63) is 176 Å². The topological polar surface area (TPSA) is 38.7 Å². The second kappa shape index (κ2) is 12.6. The minimum Gasteiger partial charge on any atom is -0.208 e. The summed E-state index contributed by atoms with van der Waals surface area (Å²) in [6.07, 6.45) is 0. The first-order valence-electron chi connectivity index (χ1n) is 18.0. The summed E-state index contributed by atoms with van der Waals surface area (Å²) in [5, 5.41) is 7.38. The summed E-state index contributed by atoms with van der Waals surface area (Å²) in [6.45, 7) is 0. The fraction of sp³-hybridized carbons (Fsp3) is 0. The van der Waals surface area contributed by atoms with Crippen LogP contribution >= 0.6 is 22.7 Å². The summed E-state index contributed by atoms with van der Waals surface area (Å²) in [5.74, 6) is 1.99. The maximum absolute atomic E-state index is 5.37. The predicted octanol–water partition coefficient (Wildman–Crippen LogP) is 14.1. The molecule has 0 aliphatic heterocycles. The van der Waals surface area contributed by atoms with Crippen molar-refractivity contribution in [2.24, 2.45) is 0 Å². The molecule has 0 saturated heterocycles. The van der Waals surface area contributed by atoms with Crippen LogP contribution in [0.4, 0.5) is 0 Å². The third-order valence-electron chi connectivity index (χ3n) is 10.4. The first kappa shape index (κ1) is 31.0. The highest BCUT2D eigenvalue weighted by Crippen LogP contribution is 2.43. The van der Waals surface area contributed by atoms with E-state index >= 15 is 0 Å². The second-order valence-corrected chi connectivity index (χ2v) is 15.6. The van der Waals surface area contributed by atoms with Gasteiger partial charge in [0.05, 0.1) is 0 Å². The van der Waals surface area contributed by atoms with Crippen LogP contribution in [-0.4, -0.2) is 15.0 Å². The zero-order valence-electron chi connectivity index (χ0n) is 28.9. The van der Waals surface area contributed by atoms with Crippen molar-refractivity contribution in [1.82, 2.24) is 15.0 Å². The smallest absolute Gasteiger partial charge is 0.165 e. The van der Waals surface area contributed by atoms with Gasteiger partial charge in [0.2, 0.25) is 0 Å². The normalized spacial score (nSPS) is 11.7. The molecule has 3 nitrogen and oxygen atoms in total. The average Bonchev–Trinajstić information content (AvgIpc) is 3.82. The van der Waals surface area contributed by atoms with E-state index in [0.717, 1.165) is 33.4 Å². The minimum atomic E-state index is 0.648. The summed E-state index contributed by atoms with van der Waals surface area (Å²) >= 11 is 3.59. The quantitative estimate of drug-likeness (QED) is 0.177. The fourth-order valence-corrected chi connectivity index (χ4v) is 10.2. The largest absolute Gasteiger partial charge is 0.208 e. The summed E-state index contributed by atoms with van der Waals surface area (Å²) < 4.78 is 4.85. The Hall–Kier alpha value is -6.53. The lowest BCUT2D eigenvalue weighted by Gasteiger charge is -2.15. The SMILES string of the molecule is c1ccc(-c2cc(-c3cccc4ccccc34)ccc2-c2nc(-c3cccc4c3sc3ccccc34)nc(-c3cccc4c3sc3ccccc34)n2)cc1. The van der Waals surface area contributed by atoms with Gasteiger partial charge in [0, 0.05) is 57.0 Å². The molecule has 3 aromatic heterocycles. The number of hydrogen-bond acceptors (Lipinski definition) is 5. The first-order chi connectivity index (χ1) is 26.8. The highest BCUT2D eigenvalue weighted by molar-refractivity contribution is 7.26. The van der Waals surface area contributed by atoms with Gasteiger partial charge in [-0.2, -0.15) is 0 Å². The molecule has 8 aromatic carbocycles. The standard InChI is InChI=1S/C49H29N3S2/c1-2-13-31(14-3-1)42-29-32(34-20-10-16-30-15-4-5-17-33(30)34)27-28-39(42)47-50-48(40-23-11-21-37-35-18-6-8-25-43(35)53-45(37)40)52-49(51-47)41-24-12-22-38-36-19-7-9-26-44(36)54-46(38)41/h1-29H. The molecule has 0 bridgehead atoms. The number of aromatic nitrogens is 3. The second-order valence-electron chi connectivity index (χ2n) is 13.5. The van der Waals surface area contributed by atoms with Gasteiger partial charge < -0.3 is 0 Å². The van der Waals surface area contributed by atoms with Gasteiger partial charge in [-0.3, -0.25) is 0 Å². The molecule has 0 radical (unpaired) electrons. The van der Waals surface area contributed by atoms with Gasteiger partial charge in [-0.15, -0.1) is 22.7 Å². The van der Waals surface area contributed by atoms with Crippen LogP contribution in [0.5, 0.6) is 0 Å². The van der Waals surface area contributed by atoms with Gasteiger partial charge in [0.25, 0.3) is 0 Å². The Morgan fingerprint density at radius 1 is 0.296 bits per heavy atom. The molecule has 0 aliphatic rings. The minimum absolute atomic E-state index is 0.648. The Kier molecular flexibility index (Phi) is 7.22. The van der Waals surface area contributed by atoms with E-state index in [9.17, 15) is 0 Å². The molecule has 11 aromatic rings. The Bertz CT molecular complexity index is 3090. The van der Waals surface area contributed by atoms with Crippen molar-refractivity contribution in [2.45, 2.75) is 0 Å². The van der Waals surface area contributed by atoms with Crippen LogP contribution in [0.15, 0.2) is 176 Å². The number of fused-ring (bicyclic) bond motifs is 7. The Balaban J connectivity index is 1.19. The van der Waals surface area contributed by atoms with Crippen molar-refractivity contribution in [3.8, 4) is 56.4 Å². The van der Waals surface area contributed by atoms with Gasteiger partial charge in [-0.25, -0.2) is 15.0 Å². The van der Waals surface area contributed by atoms with E-state index in [2.05, 4.69) is 176 Å². The van der Waals surface area contributed by atoms with Crippen LogP contribution < -0.4 is 0 Å². The zero-order chi connectivity index (χ0) is 35.6. The molecule has 3 heterocycles. The summed E-state index contributed by atoms with van der Waals surface area (Å²) in [6, 6.07) is 62.6. The van der Waals surface area contributed by atoms with Crippen molar-refractivity contribution in [1.29, 1.82) is 0 Å². The molecular weight excluding hydrogens is 695 g/mol. The van der Waals surface area contributed by atoms with E-state index in [1.807, 2.05) is 0 Å². The van der Waals surface area contributed by atoms with Gasteiger partial charge in [-0.1, -0.05) is 140 Å². The molecule has 0 N–H and O–H groups in total. The van der Waals surface area contributed by atoms with E-state index in [-0.39, 0.29) is 0 Å². The molecule has 0 spiro atoms. The molecule has 0 amide bonds. The van der Waals surface area contributed by atoms with Gasteiger partial charge in [0.15, 0.2) is 17.5 Å². The van der Waals surface area contributed by atoms with Gasteiger partial charge in [0.1, 0.15) is 0 Å². The third-order valence-corrected chi connectivity index (χ3v) is 12.8. The first-order valence-corrected chi connectivity index (χ1v) is 19.7. The number of benzene rings is 8. The summed E-state index contributed by atoms with van der Waals surface area (Å²) in [5.41, 5.74) is 7.50. The maximum atomic E-state index is 5.37. The van der Waals surface area contributed by atoms with Crippen molar-refractivity contribution in [3.63, 3.8) is 0 Å². The number of rotatable bonds is 5.